The SMILES string of the molecule is CCSc1ccc(CNC(=O)c2ccc3c(c2)cc(CN2CCN(C)CC2)n3CC)cc1. The number of benzene rings is 2. The van der Waals surface area contributed by atoms with Crippen LogP contribution >= 0.6 is 11.8 Å². The molecule has 0 radical (unpaired) electrons. The van der Waals surface area contributed by atoms with E-state index in [1.54, 1.807) is 0 Å². The molecule has 6 heteroatoms. The second-order valence-electron chi connectivity index (χ2n) is 8.49. The monoisotopic (exact) mass is 450 g/mol. The van der Waals surface area contributed by atoms with Gasteiger partial charge in [-0.3, -0.25) is 9.69 Å². The Labute approximate surface area is 195 Å². The maximum atomic E-state index is 12.8. The molecule has 0 aliphatic carbocycles. The number of hydrogen-bond acceptors (Lipinski definition) is 4. The number of carbonyl (C=O) groups is 1. The number of nitrogens with zero attached hydrogens (tertiary/aromatic N) is 3. The van der Waals surface area contributed by atoms with E-state index in [1.165, 1.54) is 16.1 Å². The molecule has 32 heavy (non-hydrogen) atoms. The highest BCUT2D eigenvalue weighted by Crippen LogP contribution is 2.23. The van der Waals surface area contributed by atoms with Crippen LogP contribution in [0.3, 0.4) is 0 Å². The smallest absolute Gasteiger partial charge is 0.251 e. The van der Waals surface area contributed by atoms with E-state index >= 15 is 0 Å². The van der Waals surface area contributed by atoms with Crippen LogP contribution in [0.2, 0.25) is 0 Å². The minimum atomic E-state index is -0.0243. The number of piperazine rings is 1. The third-order valence-electron chi connectivity index (χ3n) is 6.23. The Bertz CT molecular complexity index is 1050. The molecule has 0 saturated carbocycles. The number of nitrogens with one attached hydrogen (secondary N) is 1. The Kier molecular flexibility index (Phi) is 7.55. The number of rotatable bonds is 8. The highest BCUT2D eigenvalue weighted by Gasteiger charge is 2.17. The number of aryl methyl sites for hydroxylation is 1. The summed E-state index contributed by atoms with van der Waals surface area (Å²) >= 11 is 1.83. The Hall–Kier alpha value is -2.28. The van der Waals surface area contributed by atoms with Gasteiger partial charge in [0, 0.05) is 72.9 Å². The molecule has 0 spiro atoms. The molecule has 0 atom stereocenters. The van der Waals surface area contributed by atoms with Crippen LogP contribution in [-0.4, -0.2) is 59.3 Å². The molecule has 1 aliphatic rings. The summed E-state index contributed by atoms with van der Waals surface area (Å²) in [4.78, 5) is 19.0. The topological polar surface area (TPSA) is 40.5 Å². The second kappa shape index (κ2) is 10.6. The molecule has 0 unspecified atom stereocenters. The summed E-state index contributed by atoms with van der Waals surface area (Å²) in [5.41, 5.74) is 4.37. The van der Waals surface area contributed by atoms with E-state index in [1.807, 2.05) is 23.9 Å². The summed E-state index contributed by atoms with van der Waals surface area (Å²) in [5.74, 6) is 1.04. The lowest BCUT2D eigenvalue weighted by molar-refractivity contribution is 0.0951. The van der Waals surface area contributed by atoms with Crippen molar-refractivity contribution in [1.29, 1.82) is 0 Å². The maximum Gasteiger partial charge on any atom is 0.251 e. The average Bonchev–Trinajstić information content (AvgIpc) is 3.16. The van der Waals surface area contributed by atoms with Crippen molar-refractivity contribution in [2.24, 2.45) is 0 Å². The van der Waals surface area contributed by atoms with Crippen molar-refractivity contribution >= 4 is 28.6 Å². The minimum Gasteiger partial charge on any atom is -0.348 e. The molecule has 1 aliphatic heterocycles. The van der Waals surface area contributed by atoms with Gasteiger partial charge in [0.2, 0.25) is 0 Å². The van der Waals surface area contributed by atoms with Gasteiger partial charge >= 0.3 is 0 Å². The molecular weight excluding hydrogens is 416 g/mol. The first-order valence-corrected chi connectivity index (χ1v) is 12.6. The van der Waals surface area contributed by atoms with Crippen molar-refractivity contribution in [3.63, 3.8) is 0 Å². The fourth-order valence-electron chi connectivity index (χ4n) is 4.36. The van der Waals surface area contributed by atoms with Crippen LogP contribution < -0.4 is 5.32 Å². The summed E-state index contributed by atoms with van der Waals surface area (Å²) < 4.78 is 2.38. The molecule has 1 aromatic heterocycles. The van der Waals surface area contributed by atoms with Crippen LogP contribution in [0.15, 0.2) is 53.4 Å². The standard InChI is InChI=1S/C26H34N4OS/c1-4-30-23(19-29-14-12-28(3)13-15-29)17-22-16-21(8-11-25(22)30)26(31)27-18-20-6-9-24(10-7-20)32-5-2/h6-11,16-17H,4-5,12-15,18-19H2,1-3H3,(H,27,31). The van der Waals surface area contributed by atoms with Gasteiger partial charge < -0.3 is 14.8 Å². The Morgan fingerprint density at radius 1 is 1.00 bits per heavy atom. The molecular formula is C26H34N4OS. The van der Waals surface area contributed by atoms with Gasteiger partial charge in [-0.05, 0) is 61.7 Å². The molecule has 5 nitrogen and oxygen atoms in total. The highest BCUT2D eigenvalue weighted by molar-refractivity contribution is 7.99. The van der Waals surface area contributed by atoms with Gasteiger partial charge in [0.25, 0.3) is 5.91 Å². The van der Waals surface area contributed by atoms with E-state index in [9.17, 15) is 4.79 Å². The summed E-state index contributed by atoms with van der Waals surface area (Å²) in [7, 11) is 2.19. The molecule has 1 N–H and O–H groups in total. The first-order chi connectivity index (χ1) is 15.6. The molecule has 3 aromatic rings. The van der Waals surface area contributed by atoms with Crippen molar-refractivity contribution < 1.29 is 4.79 Å². The molecule has 1 saturated heterocycles. The lowest BCUT2D eigenvalue weighted by Crippen LogP contribution is -2.44. The zero-order valence-corrected chi connectivity index (χ0v) is 20.3. The zero-order chi connectivity index (χ0) is 22.5. The number of aromatic nitrogens is 1. The second-order valence-corrected chi connectivity index (χ2v) is 9.83. The van der Waals surface area contributed by atoms with Crippen LogP contribution in [0.25, 0.3) is 10.9 Å². The Morgan fingerprint density at radius 3 is 2.44 bits per heavy atom. The van der Waals surface area contributed by atoms with Crippen LogP contribution in [0.5, 0.6) is 0 Å². The van der Waals surface area contributed by atoms with E-state index in [0.29, 0.717) is 6.54 Å². The summed E-state index contributed by atoms with van der Waals surface area (Å²) in [6, 6.07) is 16.8. The van der Waals surface area contributed by atoms with Crippen molar-refractivity contribution in [2.45, 2.75) is 38.4 Å². The third-order valence-corrected chi connectivity index (χ3v) is 7.13. The predicted octanol–water partition coefficient (Wildman–Crippen LogP) is 4.45. The number of likely N-dealkylation sites (N-methyl/N-ethyl adjacent to an activating group) is 1. The quantitative estimate of drug-likeness (QED) is 0.515. The Morgan fingerprint density at radius 2 is 1.75 bits per heavy atom. The van der Waals surface area contributed by atoms with Crippen LogP contribution in [-0.2, 0) is 19.6 Å². The van der Waals surface area contributed by atoms with E-state index in [-0.39, 0.29) is 5.91 Å². The predicted molar refractivity (Wildman–Crippen MR) is 134 cm³/mol. The van der Waals surface area contributed by atoms with Crippen LogP contribution in [0, 0.1) is 0 Å². The summed E-state index contributed by atoms with van der Waals surface area (Å²) in [5, 5.41) is 4.21. The third kappa shape index (κ3) is 5.37. The number of amides is 1. The van der Waals surface area contributed by atoms with Gasteiger partial charge in [-0.1, -0.05) is 19.1 Å². The normalized spacial score (nSPS) is 15.3. The summed E-state index contributed by atoms with van der Waals surface area (Å²) in [6.07, 6.45) is 0. The average molecular weight is 451 g/mol. The van der Waals surface area contributed by atoms with Gasteiger partial charge in [-0.15, -0.1) is 11.8 Å². The number of thioether (sulfide) groups is 1. The highest BCUT2D eigenvalue weighted by atomic mass is 32.2. The van der Waals surface area contributed by atoms with Gasteiger partial charge in [0.05, 0.1) is 0 Å². The fraction of sp³-hybridized carbons (Fsp3) is 0.423. The van der Waals surface area contributed by atoms with E-state index in [2.05, 4.69) is 77.0 Å². The Balaban J connectivity index is 1.44. The van der Waals surface area contributed by atoms with Crippen molar-refractivity contribution in [1.82, 2.24) is 19.7 Å². The fourth-order valence-corrected chi connectivity index (χ4v) is 5.03. The van der Waals surface area contributed by atoms with E-state index in [0.717, 1.165) is 61.5 Å². The van der Waals surface area contributed by atoms with Crippen LogP contribution in [0.4, 0.5) is 0 Å². The first kappa shape index (κ1) is 22.9. The van der Waals surface area contributed by atoms with E-state index < -0.39 is 0 Å². The zero-order valence-electron chi connectivity index (χ0n) is 19.4. The maximum absolute atomic E-state index is 12.8. The van der Waals surface area contributed by atoms with Crippen LogP contribution in [0.1, 0.15) is 35.5 Å². The number of hydrogen-bond donors (Lipinski definition) is 1. The largest absolute Gasteiger partial charge is 0.348 e. The van der Waals surface area contributed by atoms with E-state index in [4.69, 9.17) is 0 Å². The minimum absolute atomic E-state index is 0.0243. The lowest BCUT2D eigenvalue weighted by Gasteiger charge is -2.32. The lowest BCUT2D eigenvalue weighted by atomic mass is 10.1. The first-order valence-electron chi connectivity index (χ1n) is 11.6. The molecule has 2 aromatic carbocycles. The molecule has 170 valence electrons. The molecule has 0 bridgehead atoms. The summed E-state index contributed by atoms with van der Waals surface area (Å²) in [6.45, 7) is 11.2. The molecule has 1 amide bonds. The van der Waals surface area contributed by atoms with Gasteiger partial charge in [-0.2, -0.15) is 0 Å². The van der Waals surface area contributed by atoms with Gasteiger partial charge in [0.1, 0.15) is 0 Å². The van der Waals surface area contributed by atoms with Gasteiger partial charge in [-0.25, -0.2) is 0 Å². The number of carbonyl (C=O) groups excluding carboxylic acids is 1. The molecule has 2 heterocycles. The number of fused-ring (bicyclic) bond motifs is 1. The van der Waals surface area contributed by atoms with Gasteiger partial charge in [0.15, 0.2) is 0 Å². The molecule has 4 rings (SSSR count). The van der Waals surface area contributed by atoms with Crippen molar-refractivity contribution in [2.75, 3.05) is 39.0 Å². The van der Waals surface area contributed by atoms with Crippen molar-refractivity contribution in [3.8, 4) is 0 Å². The van der Waals surface area contributed by atoms with Crippen molar-refractivity contribution in [3.05, 3.63) is 65.4 Å². The molecule has 1 fully saturated rings.